The molecule has 3 nitrogen and oxygen atoms in total. The monoisotopic (exact) mass is 321 g/mol. The Hall–Kier alpha value is -1.35. The molecular weight excluding hydrogens is 286 g/mol. The van der Waals surface area contributed by atoms with Crippen molar-refractivity contribution in [2.24, 2.45) is 0 Å². The van der Waals surface area contributed by atoms with Crippen LogP contribution in [0.2, 0.25) is 0 Å². The van der Waals surface area contributed by atoms with Crippen LogP contribution in [0.25, 0.3) is 0 Å². The summed E-state index contributed by atoms with van der Waals surface area (Å²) in [4.78, 5) is 11.1. The lowest BCUT2D eigenvalue weighted by Crippen LogP contribution is -2.24. The first-order valence-electron chi connectivity index (χ1n) is 8.96. The summed E-state index contributed by atoms with van der Waals surface area (Å²) in [7, 11) is 0. The topological polar surface area (TPSA) is 76.6 Å². The second kappa shape index (κ2) is 13.1. The van der Waals surface area contributed by atoms with Crippen molar-refractivity contribution < 1.29 is 9.90 Å². The highest BCUT2D eigenvalue weighted by Crippen LogP contribution is 2.18. The maximum absolute atomic E-state index is 11.1. The van der Waals surface area contributed by atoms with E-state index in [9.17, 15) is 9.90 Å². The second-order valence-electron chi connectivity index (χ2n) is 6.32. The first-order valence-corrected chi connectivity index (χ1v) is 8.96. The predicted molar refractivity (Wildman–Crippen MR) is 97.0 cm³/mol. The molecule has 0 atom stereocenters. The average Bonchev–Trinajstić information content (AvgIpc) is 2.50. The third-order valence-electron chi connectivity index (χ3n) is 4.41. The summed E-state index contributed by atoms with van der Waals surface area (Å²) in [6.07, 6.45) is 13.9. The first-order chi connectivity index (χ1) is 10.7. The van der Waals surface area contributed by atoms with E-state index in [4.69, 9.17) is 0 Å². The van der Waals surface area contributed by atoms with E-state index < -0.39 is 5.97 Å². The van der Waals surface area contributed by atoms with Crippen molar-refractivity contribution in [2.75, 3.05) is 0 Å². The maximum atomic E-state index is 11.1. The molecular formula is C20H35NO2. The molecule has 0 saturated carbocycles. The molecule has 0 saturated heterocycles. The normalized spacial score (nSPS) is 10.3. The number of quaternary nitrogens is 1. The van der Waals surface area contributed by atoms with Gasteiger partial charge in [0, 0.05) is 5.56 Å². The van der Waals surface area contributed by atoms with Crippen LogP contribution in [-0.4, -0.2) is 5.97 Å². The number of carboxylic acids is 1. The molecule has 0 heterocycles. The number of carbonyl (C=O) groups is 1. The second-order valence-corrected chi connectivity index (χ2v) is 6.32. The standard InChI is InChI=1S/C20H32O2.H3N/c1-3-4-5-6-7-8-9-10-11-12-15-18-17(2)14-13-16-19(18)20(21)22;/h13-14,16H,3-12,15H2,1-2H3,(H,21,22);1H3. The SMILES string of the molecule is CCCCCCCCCCCCc1c(C)cccc1C(=O)[O-].[NH4+]. The molecule has 0 amide bonds. The van der Waals surface area contributed by atoms with E-state index in [-0.39, 0.29) is 6.15 Å². The molecule has 0 bridgehead atoms. The third-order valence-corrected chi connectivity index (χ3v) is 4.41. The highest BCUT2D eigenvalue weighted by atomic mass is 16.4. The van der Waals surface area contributed by atoms with Crippen LogP contribution in [0.4, 0.5) is 0 Å². The van der Waals surface area contributed by atoms with Crippen LogP contribution in [0.5, 0.6) is 0 Å². The molecule has 1 aromatic rings. The van der Waals surface area contributed by atoms with Crippen molar-refractivity contribution in [1.82, 2.24) is 6.15 Å². The van der Waals surface area contributed by atoms with Crippen LogP contribution < -0.4 is 11.3 Å². The fourth-order valence-electron chi connectivity index (χ4n) is 3.01. The maximum Gasteiger partial charge on any atom is 0.0718 e. The van der Waals surface area contributed by atoms with E-state index in [1.807, 2.05) is 13.0 Å². The van der Waals surface area contributed by atoms with Crippen LogP contribution in [-0.2, 0) is 6.42 Å². The number of carboxylic acid groups (broad SMARTS) is 1. The zero-order valence-corrected chi connectivity index (χ0v) is 15.3. The van der Waals surface area contributed by atoms with Gasteiger partial charge in [0.2, 0.25) is 0 Å². The van der Waals surface area contributed by atoms with E-state index in [1.54, 1.807) is 12.1 Å². The number of unbranched alkanes of at least 4 members (excludes halogenated alkanes) is 9. The smallest absolute Gasteiger partial charge is 0.0718 e. The Morgan fingerprint density at radius 3 is 1.96 bits per heavy atom. The van der Waals surface area contributed by atoms with E-state index >= 15 is 0 Å². The van der Waals surface area contributed by atoms with Crippen LogP contribution in [0.15, 0.2) is 18.2 Å². The lowest BCUT2D eigenvalue weighted by molar-refractivity contribution is -0.255. The van der Waals surface area contributed by atoms with Gasteiger partial charge in [0.1, 0.15) is 0 Å². The highest BCUT2D eigenvalue weighted by Gasteiger charge is 2.06. The molecule has 3 heteroatoms. The van der Waals surface area contributed by atoms with Crippen LogP contribution in [0.1, 0.15) is 92.6 Å². The first kappa shape index (κ1) is 21.6. The van der Waals surface area contributed by atoms with Gasteiger partial charge in [-0.15, -0.1) is 0 Å². The molecule has 0 radical (unpaired) electrons. The van der Waals surface area contributed by atoms with Crippen molar-refractivity contribution >= 4 is 5.97 Å². The Kier molecular flexibility index (Phi) is 12.4. The van der Waals surface area contributed by atoms with Gasteiger partial charge >= 0.3 is 0 Å². The summed E-state index contributed by atoms with van der Waals surface area (Å²) in [5.41, 5.74) is 2.40. The molecule has 1 aromatic carbocycles. The van der Waals surface area contributed by atoms with Gasteiger partial charge in [-0.3, -0.25) is 0 Å². The molecule has 4 N–H and O–H groups in total. The highest BCUT2D eigenvalue weighted by molar-refractivity contribution is 5.88. The Balaban J connectivity index is 0.00000484. The molecule has 0 unspecified atom stereocenters. The van der Waals surface area contributed by atoms with Crippen LogP contribution in [0.3, 0.4) is 0 Å². The summed E-state index contributed by atoms with van der Waals surface area (Å²) < 4.78 is 0. The van der Waals surface area contributed by atoms with E-state index in [0.717, 1.165) is 24.0 Å². The Labute approximate surface area is 142 Å². The number of hydrogen-bond acceptors (Lipinski definition) is 2. The molecule has 23 heavy (non-hydrogen) atoms. The summed E-state index contributed by atoms with van der Waals surface area (Å²) in [5, 5.41) is 11.1. The van der Waals surface area contributed by atoms with Gasteiger partial charge in [-0.2, -0.15) is 0 Å². The Morgan fingerprint density at radius 1 is 0.913 bits per heavy atom. The largest absolute Gasteiger partial charge is 0.545 e. The molecule has 132 valence electrons. The number of hydrogen-bond donors (Lipinski definition) is 1. The van der Waals surface area contributed by atoms with E-state index in [1.165, 1.54) is 57.8 Å². The minimum absolute atomic E-state index is 0. The Bertz CT molecular complexity index is 443. The molecule has 0 aliphatic carbocycles. The number of carbonyl (C=O) groups excluding carboxylic acids is 1. The number of benzene rings is 1. The van der Waals surface area contributed by atoms with Crippen LogP contribution in [0, 0.1) is 6.92 Å². The zero-order chi connectivity index (χ0) is 16.2. The van der Waals surface area contributed by atoms with Crippen molar-refractivity contribution in [2.45, 2.75) is 84.5 Å². The summed E-state index contributed by atoms with van der Waals surface area (Å²) in [6, 6.07) is 5.44. The fraction of sp³-hybridized carbons (Fsp3) is 0.650. The van der Waals surface area contributed by atoms with E-state index in [2.05, 4.69) is 6.92 Å². The van der Waals surface area contributed by atoms with Crippen molar-refractivity contribution in [3.8, 4) is 0 Å². The minimum Gasteiger partial charge on any atom is -0.545 e. The molecule has 0 fully saturated rings. The van der Waals surface area contributed by atoms with E-state index in [0.29, 0.717) is 5.56 Å². The molecule has 1 rings (SSSR count). The fourth-order valence-corrected chi connectivity index (χ4v) is 3.01. The lowest BCUT2D eigenvalue weighted by Gasteiger charge is -2.13. The number of aromatic carboxylic acids is 1. The van der Waals surface area contributed by atoms with Gasteiger partial charge in [0.25, 0.3) is 0 Å². The number of aryl methyl sites for hydroxylation is 1. The minimum atomic E-state index is -1.05. The molecule has 0 aromatic heterocycles. The Morgan fingerprint density at radius 2 is 1.43 bits per heavy atom. The van der Waals surface area contributed by atoms with Crippen molar-refractivity contribution in [3.05, 3.63) is 34.9 Å². The third kappa shape index (κ3) is 8.75. The van der Waals surface area contributed by atoms with Gasteiger partial charge in [-0.25, -0.2) is 0 Å². The van der Waals surface area contributed by atoms with Gasteiger partial charge < -0.3 is 16.1 Å². The zero-order valence-electron chi connectivity index (χ0n) is 15.3. The summed E-state index contributed by atoms with van der Waals surface area (Å²) in [6.45, 7) is 4.23. The van der Waals surface area contributed by atoms with Gasteiger partial charge in [0.15, 0.2) is 0 Å². The summed E-state index contributed by atoms with van der Waals surface area (Å²) in [5.74, 6) is -1.05. The molecule has 0 spiro atoms. The molecule has 0 aliphatic rings. The van der Waals surface area contributed by atoms with Crippen LogP contribution >= 0.6 is 0 Å². The van der Waals surface area contributed by atoms with Gasteiger partial charge in [-0.1, -0.05) is 82.9 Å². The van der Waals surface area contributed by atoms with Crippen molar-refractivity contribution in [3.63, 3.8) is 0 Å². The number of rotatable bonds is 12. The van der Waals surface area contributed by atoms with Gasteiger partial charge in [0.05, 0.1) is 5.97 Å². The lowest BCUT2D eigenvalue weighted by atomic mass is 9.96. The van der Waals surface area contributed by atoms with Gasteiger partial charge in [-0.05, 0) is 30.9 Å². The quantitative estimate of drug-likeness (QED) is 0.537. The summed E-state index contributed by atoms with van der Waals surface area (Å²) >= 11 is 0. The predicted octanol–water partition coefficient (Wildman–Crippen LogP) is 5.20. The van der Waals surface area contributed by atoms with Crippen molar-refractivity contribution in [1.29, 1.82) is 0 Å². The average molecular weight is 322 g/mol. The molecule has 0 aliphatic heterocycles.